The average molecular weight is 424 g/mol. The summed E-state index contributed by atoms with van der Waals surface area (Å²) < 4.78 is 2.05. The molecule has 0 aliphatic carbocycles. The first-order chi connectivity index (χ1) is 14.5. The van der Waals surface area contributed by atoms with E-state index in [-0.39, 0.29) is 11.7 Å². The highest BCUT2D eigenvalue weighted by atomic mass is 32.2. The minimum Gasteiger partial charge on any atom is -0.325 e. The van der Waals surface area contributed by atoms with Crippen molar-refractivity contribution in [3.8, 4) is 11.4 Å². The van der Waals surface area contributed by atoms with Crippen LogP contribution in [0.15, 0.2) is 53.7 Å². The van der Waals surface area contributed by atoms with Crippen LogP contribution in [0.25, 0.3) is 11.4 Å². The molecule has 0 radical (unpaired) electrons. The molecule has 30 heavy (non-hydrogen) atoms. The monoisotopic (exact) mass is 423 g/mol. The van der Waals surface area contributed by atoms with Crippen molar-refractivity contribution in [2.45, 2.75) is 32.0 Å². The molecule has 1 heterocycles. The summed E-state index contributed by atoms with van der Waals surface area (Å²) in [5, 5.41) is 12.4. The number of nitrogens with one attached hydrogen (secondary N) is 1. The number of benzene rings is 2. The second-order valence-electron chi connectivity index (χ2n) is 7.51. The first-order valence-electron chi connectivity index (χ1n) is 10.1. The van der Waals surface area contributed by atoms with Crippen molar-refractivity contribution in [1.82, 2.24) is 19.7 Å². The minimum atomic E-state index is -0.0520. The van der Waals surface area contributed by atoms with E-state index in [1.54, 1.807) is 0 Å². The predicted molar refractivity (Wildman–Crippen MR) is 124 cm³/mol. The first kappa shape index (κ1) is 22.1. The summed E-state index contributed by atoms with van der Waals surface area (Å²) in [6.07, 6.45) is 0.993. The molecule has 3 rings (SSSR count). The summed E-state index contributed by atoms with van der Waals surface area (Å²) in [6.45, 7) is 5.87. The number of hydrogen-bond donors (Lipinski definition) is 1. The van der Waals surface area contributed by atoms with Crippen LogP contribution in [0.3, 0.4) is 0 Å². The van der Waals surface area contributed by atoms with E-state index in [1.807, 2.05) is 28.8 Å². The van der Waals surface area contributed by atoms with Crippen LogP contribution in [0.2, 0.25) is 0 Å². The second-order valence-corrected chi connectivity index (χ2v) is 8.45. The Balaban J connectivity index is 1.58. The average Bonchev–Trinajstić information content (AvgIpc) is 3.14. The van der Waals surface area contributed by atoms with Gasteiger partial charge in [0.05, 0.1) is 5.75 Å². The number of likely N-dealkylation sites (N-methyl/N-ethyl adjacent to an activating group) is 1. The molecule has 0 bridgehead atoms. The number of anilines is 1. The molecule has 0 saturated heterocycles. The van der Waals surface area contributed by atoms with Gasteiger partial charge in [0.15, 0.2) is 11.0 Å². The lowest BCUT2D eigenvalue weighted by atomic mass is 10.1. The van der Waals surface area contributed by atoms with Crippen LogP contribution < -0.4 is 5.32 Å². The largest absolute Gasteiger partial charge is 0.325 e. The normalized spacial score (nSPS) is 11.1. The fourth-order valence-corrected chi connectivity index (χ4v) is 3.92. The van der Waals surface area contributed by atoms with E-state index >= 15 is 0 Å². The van der Waals surface area contributed by atoms with E-state index in [0.29, 0.717) is 0 Å². The maximum atomic E-state index is 12.4. The van der Waals surface area contributed by atoms with Crippen molar-refractivity contribution in [2.24, 2.45) is 0 Å². The van der Waals surface area contributed by atoms with Crippen LogP contribution in [0.5, 0.6) is 0 Å². The maximum absolute atomic E-state index is 12.4. The number of carbonyl (C=O) groups excluding carboxylic acids is 1. The van der Waals surface area contributed by atoms with Gasteiger partial charge in [0, 0.05) is 24.3 Å². The fourth-order valence-electron chi connectivity index (χ4n) is 3.11. The Morgan fingerprint density at radius 2 is 1.90 bits per heavy atom. The van der Waals surface area contributed by atoms with Gasteiger partial charge in [-0.15, -0.1) is 10.2 Å². The third-order valence-electron chi connectivity index (χ3n) is 4.73. The summed E-state index contributed by atoms with van der Waals surface area (Å²) in [5.41, 5.74) is 4.29. The van der Waals surface area contributed by atoms with Gasteiger partial charge in [0.25, 0.3) is 0 Å². The highest BCUT2D eigenvalue weighted by Gasteiger charge is 2.14. The van der Waals surface area contributed by atoms with Gasteiger partial charge in [-0.2, -0.15) is 0 Å². The van der Waals surface area contributed by atoms with E-state index in [0.717, 1.165) is 41.7 Å². The topological polar surface area (TPSA) is 63.1 Å². The summed E-state index contributed by atoms with van der Waals surface area (Å²) in [4.78, 5) is 14.6. The van der Waals surface area contributed by atoms with Crippen LogP contribution in [-0.4, -0.2) is 52.0 Å². The molecule has 1 aromatic heterocycles. The van der Waals surface area contributed by atoms with Gasteiger partial charge in [-0.25, -0.2) is 0 Å². The van der Waals surface area contributed by atoms with E-state index in [2.05, 4.69) is 72.6 Å². The van der Waals surface area contributed by atoms with Gasteiger partial charge in [-0.05, 0) is 58.1 Å². The van der Waals surface area contributed by atoms with Crippen LogP contribution >= 0.6 is 11.8 Å². The van der Waals surface area contributed by atoms with E-state index in [1.165, 1.54) is 22.9 Å². The van der Waals surface area contributed by atoms with Crippen molar-refractivity contribution in [2.75, 3.05) is 31.7 Å². The molecular weight excluding hydrogens is 394 g/mol. The van der Waals surface area contributed by atoms with E-state index in [9.17, 15) is 4.79 Å². The van der Waals surface area contributed by atoms with Gasteiger partial charge in [0.2, 0.25) is 5.91 Å². The third-order valence-corrected chi connectivity index (χ3v) is 5.69. The standard InChI is InChI=1S/C23H29N5OS/c1-5-28-22(19-8-6-7-17(2)15-19)25-26-23(28)30-16-21(29)24-20-11-9-18(10-12-20)13-14-27(3)4/h6-12,15H,5,13-14,16H2,1-4H3,(H,24,29). The van der Waals surface area contributed by atoms with Crippen molar-refractivity contribution >= 4 is 23.4 Å². The molecule has 6 nitrogen and oxygen atoms in total. The number of aromatic nitrogens is 3. The van der Waals surface area contributed by atoms with Crippen LogP contribution in [0, 0.1) is 6.92 Å². The Bertz CT molecular complexity index is 982. The fraction of sp³-hybridized carbons (Fsp3) is 0.348. The Morgan fingerprint density at radius 1 is 1.13 bits per heavy atom. The summed E-state index contributed by atoms with van der Waals surface area (Å²) in [7, 11) is 4.13. The molecule has 0 saturated carbocycles. The molecule has 0 spiro atoms. The van der Waals surface area contributed by atoms with Crippen molar-refractivity contribution in [1.29, 1.82) is 0 Å². The number of carbonyl (C=O) groups is 1. The third kappa shape index (κ3) is 5.93. The molecule has 1 amide bonds. The molecule has 0 atom stereocenters. The lowest BCUT2D eigenvalue weighted by Gasteiger charge is -2.10. The molecular formula is C23H29N5OS. The SMILES string of the molecule is CCn1c(SCC(=O)Nc2ccc(CCN(C)C)cc2)nnc1-c1cccc(C)c1. The molecule has 7 heteroatoms. The van der Waals surface area contributed by atoms with Gasteiger partial charge in [0.1, 0.15) is 0 Å². The smallest absolute Gasteiger partial charge is 0.234 e. The summed E-state index contributed by atoms with van der Waals surface area (Å²) in [6, 6.07) is 16.3. The van der Waals surface area contributed by atoms with Gasteiger partial charge >= 0.3 is 0 Å². The van der Waals surface area contributed by atoms with Crippen LogP contribution in [0.1, 0.15) is 18.1 Å². The molecule has 3 aromatic rings. The quantitative estimate of drug-likeness (QED) is 0.525. The summed E-state index contributed by atoms with van der Waals surface area (Å²) >= 11 is 1.40. The predicted octanol–water partition coefficient (Wildman–Crippen LogP) is 4.11. The van der Waals surface area contributed by atoms with E-state index in [4.69, 9.17) is 0 Å². The van der Waals surface area contributed by atoms with E-state index < -0.39 is 0 Å². The van der Waals surface area contributed by atoms with Gasteiger partial charge < -0.3 is 14.8 Å². The zero-order valence-electron chi connectivity index (χ0n) is 18.1. The van der Waals surface area contributed by atoms with Crippen molar-refractivity contribution < 1.29 is 4.79 Å². The molecule has 2 aromatic carbocycles. The molecule has 0 aliphatic heterocycles. The Labute approximate surface area is 182 Å². The first-order valence-corrected chi connectivity index (χ1v) is 11.1. The number of thioether (sulfide) groups is 1. The molecule has 0 fully saturated rings. The number of rotatable bonds is 9. The second kappa shape index (κ2) is 10.4. The zero-order valence-corrected chi connectivity index (χ0v) is 18.9. The summed E-state index contributed by atoms with van der Waals surface area (Å²) in [5.74, 6) is 1.06. The number of amides is 1. The number of nitrogens with zero attached hydrogens (tertiary/aromatic N) is 4. The van der Waals surface area contributed by atoms with Gasteiger partial charge in [-0.3, -0.25) is 4.79 Å². The van der Waals surface area contributed by atoms with Crippen LogP contribution in [-0.2, 0) is 17.8 Å². The highest BCUT2D eigenvalue weighted by Crippen LogP contribution is 2.24. The number of aryl methyl sites for hydroxylation is 1. The molecule has 0 unspecified atom stereocenters. The maximum Gasteiger partial charge on any atom is 0.234 e. The Kier molecular flexibility index (Phi) is 7.65. The Hall–Kier alpha value is -2.64. The van der Waals surface area contributed by atoms with Crippen molar-refractivity contribution in [3.05, 3.63) is 59.7 Å². The zero-order chi connectivity index (χ0) is 21.5. The highest BCUT2D eigenvalue weighted by molar-refractivity contribution is 7.99. The lowest BCUT2D eigenvalue weighted by Crippen LogP contribution is -2.16. The number of hydrogen-bond acceptors (Lipinski definition) is 5. The van der Waals surface area contributed by atoms with Crippen molar-refractivity contribution in [3.63, 3.8) is 0 Å². The molecule has 158 valence electrons. The minimum absolute atomic E-state index is 0.0520. The van der Waals surface area contributed by atoms with Gasteiger partial charge in [-0.1, -0.05) is 47.7 Å². The lowest BCUT2D eigenvalue weighted by molar-refractivity contribution is -0.113. The Morgan fingerprint density at radius 3 is 2.57 bits per heavy atom. The van der Waals surface area contributed by atoms with Crippen LogP contribution in [0.4, 0.5) is 5.69 Å². The molecule has 0 aliphatic rings. The molecule has 1 N–H and O–H groups in total.